The first-order valence-corrected chi connectivity index (χ1v) is 5.25. The molecular weight excluding hydrogens is 160 g/mol. The van der Waals surface area contributed by atoms with E-state index in [2.05, 4.69) is 17.1 Å². The van der Waals surface area contributed by atoms with Crippen LogP contribution in [0.2, 0.25) is 0 Å². The van der Waals surface area contributed by atoms with Crippen molar-refractivity contribution in [3.8, 4) is 0 Å². The zero-order chi connectivity index (χ0) is 9.68. The monoisotopic (exact) mass is 180 g/mol. The first-order chi connectivity index (χ1) is 6.20. The molecule has 0 saturated heterocycles. The third-order valence-corrected chi connectivity index (χ3v) is 2.60. The zero-order valence-electron chi connectivity index (χ0n) is 9.01. The normalized spacial score (nSPS) is 20.1. The Hall–Kier alpha value is -0.660. The molecule has 1 saturated carbocycles. The summed E-state index contributed by atoms with van der Waals surface area (Å²) in [4.78, 5) is 0. The minimum Gasteiger partial charge on any atom is -0.161 e. The molecule has 0 bridgehead atoms. The molecule has 0 aromatic carbocycles. The molecule has 74 valence electrons. The maximum atomic E-state index is 4.25. The van der Waals surface area contributed by atoms with E-state index in [-0.39, 0.29) is 0 Å². The van der Waals surface area contributed by atoms with Gasteiger partial charge in [0.25, 0.3) is 0 Å². The van der Waals surface area contributed by atoms with Crippen molar-refractivity contribution in [3.63, 3.8) is 0 Å². The van der Waals surface area contributed by atoms with Gasteiger partial charge in [-0.15, -0.1) is 0 Å². The summed E-state index contributed by atoms with van der Waals surface area (Å²) < 4.78 is 0. The second kappa shape index (κ2) is 5.15. The van der Waals surface area contributed by atoms with Crippen LogP contribution in [0.25, 0.3) is 0 Å². The highest BCUT2D eigenvalue weighted by molar-refractivity contribution is 5.86. The first-order valence-electron chi connectivity index (χ1n) is 5.25. The van der Waals surface area contributed by atoms with Crippen LogP contribution in [0.15, 0.2) is 10.2 Å². The van der Waals surface area contributed by atoms with Crippen LogP contribution in [-0.2, 0) is 0 Å². The second-order valence-corrected chi connectivity index (χ2v) is 4.12. The van der Waals surface area contributed by atoms with E-state index in [1.54, 1.807) is 0 Å². The molecule has 1 fully saturated rings. The van der Waals surface area contributed by atoms with Crippen LogP contribution in [0.3, 0.4) is 0 Å². The highest BCUT2D eigenvalue weighted by atomic mass is 15.2. The van der Waals surface area contributed by atoms with Crippen LogP contribution in [0, 0.1) is 5.92 Å². The molecule has 1 aliphatic rings. The largest absolute Gasteiger partial charge is 0.161 e. The van der Waals surface area contributed by atoms with Gasteiger partial charge in [-0.3, -0.25) is 0 Å². The lowest BCUT2D eigenvalue weighted by Crippen LogP contribution is -2.14. The fraction of sp³-hybridized carbons (Fsp3) is 0.818. The molecule has 0 spiro atoms. The topological polar surface area (TPSA) is 24.7 Å². The van der Waals surface area contributed by atoms with Crippen molar-refractivity contribution >= 4 is 11.4 Å². The Bertz CT molecular complexity index is 206. The number of nitrogens with zero attached hydrogens (tertiary/aromatic N) is 2. The summed E-state index contributed by atoms with van der Waals surface area (Å²) in [6, 6.07) is 0. The molecule has 0 amide bonds. The molecule has 0 heterocycles. The predicted molar refractivity (Wildman–Crippen MR) is 58.5 cm³/mol. The van der Waals surface area contributed by atoms with Crippen molar-refractivity contribution in [2.45, 2.75) is 52.9 Å². The average molecular weight is 180 g/mol. The van der Waals surface area contributed by atoms with E-state index in [9.17, 15) is 0 Å². The van der Waals surface area contributed by atoms with Crippen molar-refractivity contribution in [1.82, 2.24) is 0 Å². The van der Waals surface area contributed by atoms with Crippen LogP contribution >= 0.6 is 0 Å². The maximum Gasteiger partial charge on any atom is 0.0405 e. The van der Waals surface area contributed by atoms with E-state index in [1.807, 2.05) is 13.8 Å². The van der Waals surface area contributed by atoms with Crippen molar-refractivity contribution < 1.29 is 0 Å². The molecule has 13 heavy (non-hydrogen) atoms. The van der Waals surface area contributed by atoms with Gasteiger partial charge in [-0.25, -0.2) is 0 Å². The highest BCUT2D eigenvalue weighted by Gasteiger charge is 2.15. The lowest BCUT2D eigenvalue weighted by Gasteiger charge is -2.20. The van der Waals surface area contributed by atoms with Crippen LogP contribution < -0.4 is 0 Å². The summed E-state index contributed by atoms with van der Waals surface area (Å²) in [6.07, 6.45) is 6.76. The second-order valence-electron chi connectivity index (χ2n) is 4.12. The molecule has 2 heteroatoms. The summed E-state index contributed by atoms with van der Waals surface area (Å²) in [7, 11) is 0. The summed E-state index contributed by atoms with van der Waals surface area (Å²) in [5.74, 6) is 0.705. The molecule has 0 aliphatic heterocycles. The van der Waals surface area contributed by atoms with Gasteiger partial charge in [-0.05, 0) is 39.5 Å². The molecule has 0 N–H and O–H groups in total. The summed E-state index contributed by atoms with van der Waals surface area (Å²) in [5.41, 5.74) is 2.26. The zero-order valence-corrected chi connectivity index (χ0v) is 9.01. The van der Waals surface area contributed by atoms with Gasteiger partial charge >= 0.3 is 0 Å². The van der Waals surface area contributed by atoms with Gasteiger partial charge in [-0.1, -0.05) is 19.3 Å². The van der Waals surface area contributed by atoms with Crippen molar-refractivity contribution in [3.05, 3.63) is 0 Å². The van der Waals surface area contributed by atoms with Gasteiger partial charge < -0.3 is 0 Å². The van der Waals surface area contributed by atoms with Crippen LogP contribution in [-0.4, -0.2) is 11.4 Å². The number of hydrogen-bond acceptors (Lipinski definition) is 2. The van der Waals surface area contributed by atoms with Crippen LogP contribution in [0.1, 0.15) is 52.9 Å². The van der Waals surface area contributed by atoms with Gasteiger partial charge in [-0.2, -0.15) is 10.2 Å². The van der Waals surface area contributed by atoms with E-state index in [0.29, 0.717) is 5.92 Å². The first kappa shape index (κ1) is 10.4. The lowest BCUT2D eigenvalue weighted by atomic mass is 9.86. The van der Waals surface area contributed by atoms with E-state index in [4.69, 9.17) is 0 Å². The fourth-order valence-corrected chi connectivity index (χ4v) is 1.78. The Morgan fingerprint density at radius 3 is 2.08 bits per heavy atom. The van der Waals surface area contributed by atoms with Crippen molar-refractivity contribution in [2.75, 3.05) is 0 Å². The molecule has 0 aromatic heterocycles. The van der Waals surface area contributed by atoms with Crippen molar-refractivity contribution in [2.24, 2.45) is 16.1 Å². The average Bonchev–Trinajstić information content (AvgIpc) is 2.15. The van der Waals surface area contributed by atoms with Crippen LogP contribution in [0.5, 0.6) is 0 Å². The molecule has 1 rings (SSSR count). The summed E-state index contributed by atoms with van der Waals surface area (Å²) >= 11 is 0. The lowest BCUT2D eigenvalue weighted by molar-refractivity contribution is 0.438. The molecule has 0 atom stereocenters. The Kier molecular flexibility index (Phi) is 4.13. The minimum atomic E-state index is 0.705. The fourth-order valence-electron chi connectivity index (χ4n) is 1.78. The number of rotatable bonds is 2. The third-order valence-electron chi connectivity index (χ3n) is 2.60. The Morgan fingerprint density at radius 1 is 0.923 bits per heavy atom. The molecule has 0 aromatic rings. The Balaban J connectivity index is 2.49. The highest BCUT2D eigenvalue weighted by Crippen LogP contribution is 2.24. The van der Waals surface area contributed by atoms with Gasteiger partial charge in [0.2, 0.25) is 0 Å². The minimum absolute atomic E-state index is 0.705. The summed E-state index contributed by atoms with van der Waals surface area (Å²) in [5, 5.41) is 8.36. The standard InChI is InChI=1S/C11H20N2/c1-9(2)12-13-10(3)11-7-5-4-6-8-11/h11H,4-8H2,1-3H3/b13-10+. The smallest absolute Gasteiger partial charge is 0.0405 e. The van der Waals surface area contributed by atoms with E-state index >= 15 is 0 Å². The molecule has 1 aliphatic carbocycles. The SMILES string of the molecule is CC(C)=N/N=C(\C)C1CCCCC1. The van der Waals surface area contributed by atoms with Crippen LogP contribution in [0.4, 0.5) is 0 Å². The molecule has 0 radical (unpaired) electrons. The molecule has 2 nitrogen and oxygen atoms in total. The van der Waals surface area contributed by atoms with E-state index in [1.165, 1.54) is 37.8 Å². The quantitative estimate of drug-likeness (QED) is 0.459. The van der Waals surface area contributed by atoms with E-state index in [0.717, 1.165) is 5.71 Å². The number of hydrogen-bond donors (Lipinski definition) is 0. The maximum absolute atomic E-state index is 4.25. The van der Waals surface area contributed by atoms with Gasteiger partial charge in [0.05, 0.1) is 0 Å². The predicted octanol–water partition coefficient (Wildman–Crippen LogP) is 3.42. The van der Waals surface area contributed by atoms with Crippen molar-refractivity contribution in [1.29, 1.82) is 0 Å². The Labute approximate surface area is 81.1 Å². The van der Waals surface area contributed by atoms with E-state index < -0.39 is 0 Å². The third kappa shape index (κ3) is 3.71. The Morgan fingerprint density at radius 2 is 1.54 bits per heavy atom. The van der Waals surface area contributed by atoms with Gasteiger partial charge in [0.1, 0.15) is 0 Å². The van der Waals surface area contributed by atoms with Gasteiger partial charge in [0, 0.05) is 11.4 Å². The van der Waals surface area contributed by atoms with Gasteiger partial charge in [0.15, 0.2) is 0 Å². The molecule has 0 unspecified atom stereocenters. The molecular formula is C11H20N2. The summed E-state index contributed by atoms with van der Waals surface area (Å²) in [6.45, 7) is 6.08.